The lowest BCUT2D eigenvalue weighted by molar-refractivity contribution is -0.145. The number of hydrogen-bond donors (Lipinski definition) is 3. The highest BCUT2D eigenvalue weighted by atomic mass is 16.5. The molecule has 0 spiro atoms. The number of carboxylic acids is 1. The number of carbonyl (C=O) groups excluding carboxylic acids is 2. The van der Waals surface area contributed by atoms with Crippen molar-refractivity contribution in [3.63, 3.8) is 0 Å². The minimum absolute atomic E-state index is 0.270. The highest BCUT2D eigenvalue weighted by Crippen LogP contribution is 2.07. The standard InChI is InChI=1S/C20H30N2O5/c1-4-14(2)10-11-21-16(13-18(23)24)19(25)22-17(20(26)27-3)12-15-8-6-5-7-9-15/h5-9,14,16-17,21H,4,10-13H2,1-3H3,(H,22,25)(H,23,24)/t14?,16-,17-/m0/s1. The Hall–Kier alpha value is -2.41. The van der Waals surface area contributed by atoms with Crippen molar-refractivity contribution in [2.75, 3.05) is 13.7 Å². The van der Waals surface area contributed by atoms with Gasteiger partial charge in [-0.25, -0.2) is 4.79 Å². The van der Waals surface area contributed by atoms with Gasteiger partial charge in [0.15, 0.2) is 0 Å². The number of methoxy groups -OCH3 is 1. The van der Waals surface area contributed by atoms with Gasteiger partial charge in [0.05, 0.1) is 19.6 Å². The van der Waals surface area contributed by atoms with Gasteiger partial charge in [-0.15, -0.1) is 0 Å². The first-order chi connectivity index (χ1) is 12.9. The number of benzene rings is 1. The van der Waals surface area contributed by atoms with Crippen molar-refractivity contribution in [1.29, 1.82) is 0 Å². The van der Waals surface area contributed by atoms with Gasteiger partial charge in [-0.1, -0.05) is 50.6 Å². The van der Waals surface area contributed by atoms with Gasteiger partial charge in [0.25, 0.3) is 0 Å². The molecule has 1 aromatic rings. The molecule has 0 saturated heterocycles. The van der Waals surface area contributed by atoms with Crippen LogP contribution >= 0.6 is 0 Å². The van der Waals surface area contributed by atoms with Crippen LogP contribution < -0.4 is 10.6 Å². The van der Waals surface area contributed by atoms with E-state index in [4.69, 9.17) is 9.84 Å². The lowest BCUT2D eigenvalue weighted by atomic mass is 10.0. The molecule has 0 saturated carbocycles. The van der Waals surface area contributed by atoms with E-state index in [0.717, 1.165) is 18.4 Å². The van der Waals surface area contributed by atoms with E-state index < -0.39 is 29.9 Å². The van der Waals surface area contributed by atoms with E-state index in [0.29, 0.717) is 12.5 Å². The number of nitrogens with one attached hydrogen (secondary N) is 2. The van der Waals surface area contributed by atoms with Crippen LogP contribution in [0.15, 0.2) is 30.3 Å². The molecule has 1 rings (SSSR count). The summed E-state index contributed by atoms with van der Waals surface area (Å²) >= 11 is 0. The average molecular weight is 378 g/mol. The number of hydrogen-bond acceptors (Lipinski definition) is 5. The van der Waals surface area contributed by atoms with E-state index in [2.05, 4.69) is 24.5 Å². The fraction of sp³-hybridized carbons (Fsp3) is 0.550. The van der Waals surface area contributed by atoms with Gasteiger partial charge < -0.3 is 20.5 Å². The minimum atomic E-state index is -1.08. The summed E-state index contributed by atoms with van der Waals surface area (Å²) in [5.41, 5.74) is 0.868. The molecule has 1 unspecified atom stereocenters. The molecule has 150 valence electrons. The third-order valence-corrected chi connectivity index (χ3v) is 4.50. The summed E-state index contributed by atoms with van der Waals surface area (Å²) in [6, 6.07) is 7.46. The van der Waals surface area contributed by atoms with Crippen LogP contribution in [0, 0.1) is 5.92 Å². The van der Waals surface area contributed by atoms with E-state index in [-0.39, 0.29) is 12.8 Å². The molecule has 3 atom stereocenters. The molecule has 7 nitrogen and oxygen atoms in total. The van der Waals surface area contributed by atoms with Crippen LogP contribution in [-0.2, 0) is 25.5 Å². The SMILES string of the molecule is CCC(C)CCN[C@@H](CC(=O)O)C(=O)N[C@@H](Cc1ccccc1)C(=O)OC. The lowest BCUT2D eigenvalue weighted by Gasteiger charge is -2.22. The second-order valence-corrected chi connectivity index (χ2v) is 6.68. The molecule has 0 aromatic heterocycles. The largest absolute Gasteiger partial charge is 0.481 e. The number of aliphatic carboxylic acids is 1. The van der Waals surface area contributed by atoms with Crippen molar-refractivity contribution >= 4 is 17.8 Å². The maximum Gasteiger partial charge on any atom is 0.328 e. The zero-order valence-electron chi connectivity index (χ0n) is 16.2. The van der Waals surface area contributed by atoms with Crippen LogP contribution in [-0.4, -0.2) is 48.7 Å². The zero-order valence-corrected chi connectivity index (χ0v) is 16.2. The Balaban J connectivity index is 2.77. The molecule has 3 N–H and O–H groups in total. The first-order valence-electron chi connectivity index (χ1n) is 9.24. The summed E-state index contributed by atoms with van der Waals surface area (Å²) < 4.78 is 4.78. The molecule has 0 heterocycles. The zero-order chi connectivity index (χ0) is 20.2. The van der Waals surface area contributed by atoms with Crippen molar-refractivity contribution in [3.05, 3.63) is 35.9 Å². The normalized spacial score (nSPS) is 14.0. The highest BCUT2D eigenvalue weighted by molar-refractivity contribution is 5.90. The summed E-state index contributed by atoms with van der Waals surface area (Å²) in [4.78, 5) is 35.8. The third-order valence-electron chi connectivity index (χ3n) is 4.50. The van der Waals surface area contributed by atoms with Crippen molar-refractivity contribution in [3.8, 4) is 0 Å². The molecule has 1 amide bonds. The molecule has 0 aliphatic heterocycles. The summed E-state index contributed by atoms with van der Waals surface area (Å²) in [5, 5.41) is 14.7. The maximum atomic E-state index is 12.6. The molecular weight excluding hydrogens is 348 g/mol. The highest BCUT2D eigenvalue weighted by Gasteiger charge is 2.27. The predicted molar refractivity (Wildman–Crippen MR) is 102 cm³/mol. The summed E-state index contributed by atoms with van der Waals surface area (Å²) in [6.45, 7) is 4.71. The number of carbonyl (C=O) groups is 3. The number of rotatable bonds is 12. The Morgan fingerprint density at radius 2 is 1.81 bits per heavy atom. The molecular formula is C20H30N2O5. The van der Waals surface area contributed by atoms with Crippen molar-refractivity contribution in [2.24, 2.45) is 5.92 Å². The van der Waals surface area contributed by atoms with E-state index in [1.54, 1.807) is 0 Å². The molecule has 0 aliphatic carbocycles. The molecule has 27 heavy (non-hydrogen) atoms. The Morgan fingerprint density at radius 3 is 2.37 bits per heavy atom. The van der Waals surface area contributed by atoms with E-state index in [9.17, 15) is 14.4 Å². The first-order valence-corrected chi connectivity index (χ1v) is 9.24. The van der Waals surface area contributed by atoms with Crippen LogP contribution in [0.3, 0.4) is 0 Å². The predicted octanol–water partition coefficient (Wildman–Crippen LogP) is 1.76. The Kier molecular flexibility index (Phi) is 10.1. The first kappa shape index (κ1) is 22.6. The fourth-order valence-electron chi connectivity index (χ4n) is 2.60. The third kappa shape index (κ3) is 8.68. The van der Waals surface area contributed by atoms with Gasteiger partial charge in [0.1, 0.15) is 6.04 Å². The van der Waals surface area contributed by atoms with E-state index >= 15 is 0 Å². The number of esters is 1. The van der Waals surface area contributed by atoms with Crippen LogP contribution in [0.25, 0.3) is 0 Å². The van der Waals surface area contributed by atoms with Crippen molar-refractivity contribution in [1.82, 2.24) is 10.6 Å². The van der Waals surface area contributed by atoms with Crippen LogP contribution in [0.4, 0.5) is 0 Å². The van der Waals surface area contributed by atoms with Crippen LogP contribution in [0.2, 0.25) is 0 Å². The molecule has 1 aromatic carbocycles. The summed E-state index contributed by atoms with van der Waals surface area (Å²) in [7, 11) is 1.26. The monoisotopic (exact) mass is 378 g/mol. The summed E-state index contributed by atoms with van der Waals surface area (Å²) in [6.07, 6.45) is 1.76. The Morgan fingerprint density at radius 1 is 1.15 bits per heavy atom. The molecule has 0 aliphatic rings. The smallest absolute Gasteiger partial charge is 0.328 e. The molecule has 0 radical (unpaired) electrons. The van der Waals surface area contributed by atoms with Crippen molar-refractivity contribution in [2.45, 2.75) is 51.6 Å². The van der Waals surface area contributed by atoms with E-state index in [1.165, 1.54) is 7.11 Å². The van der Waals surface area contributed by atoms with Crippen molar-refractivity contribution < 1.29 is 24.2 Å². The average Bonchev–Trinajstić information content (AvgIpc) is 2.66. The molecule has 0 fully saturated rings. The van der Waals surface area contributed by atoms with Gasteiger partial charge in [0.2, 0.25) is 5.91 Å². The van der Waals surface area contributed by atoms with Gasteiger partial charge in [-0.3, -0.25) is 9.59 Å². The second kappa shape index (κ2) is 12.1. The number of ether oxygens (including phenoxy) is 1. The Bertz CT molecular complexity index is 606. The minimum Gasteiger partial charge on any atom is -0.481 e. The van der Waals surface area contributed by atoms with Gasteiger partial charge >= 0.3 is 11.9 Å². The topological polar surface area (TPSA) is 105 Å². The molecule has 0 bridgehead atoms. The fourth-order valence-corrected chi connectivity index (χ4v) is 2.60. The maximum absolute atomic E-state index is 12.6. The van der Waals surface area contributed by atoms with Gasteiger partial charge in [-0.2, -0.15) is 0 Å². The van der Waals surface area contributed by atoms with Crippen LogP contribution in [0.1, 0.15) is 38.7 Å². The Labute approximate surface area is 160 Å². The van der Waals surface area contributed by atoms with Crippen LogP contribution in [0.5, 0.6) is 0 Å². The van der Waals surface area contributed by atoms with Gasteiger partial charge in [-0.05, 0) is 24.4 Å². The quantitative estimate of drug-likeness (QED) is 0.479. The number of amides is 1. The molecule has 7 heteroatoms. The lowest BCUT2D eigenvalue weighted by Crippen LogP contribution is -2.52. The number of carboxylic acid groups (broad SMARTS) is 1. The summed E-state index contributed by atoms with van der Waals surface area (Å²) in [5.74, 6) is -1.69. The van der Waals surface area contributed by atoms with E-state index in [1.807, 2.05) is 30.3 Å². The van der Waals surface area contributed by atoms with Gasteiger partial charge in [0, 0.05) is 6.42 Å². The second-order valence-electron chi connectivity index (χ2n) is 6.68.